The zero-order valence-corrected chi connectivity index (χ0v) is 9.48. The van der Waals surface area contributed by atoms with E-state index in [0.29, 0.717) is 11.7 Å². The Morgan fingerprint density at radius 1 is 1.50 bits per heavy atom. The van der Waals surface area contributed by atoms with Crippen LogP contribution in [-0.2, 0) is 0 Å². The Kier molecular flexibility index (Phi) is 3.03. The molecule has 2 rings (SSSR count). The molecule has 16 heavy (non-hydrogen) atoms. The van der Waals surface area contributed by atoms with E-state index in [4.69, 9.17) is 11.1 Å². The van der Waals surface area contributed by atoms with Gasteiger partial charge in [0.2, 0.25) is 0 Å². The number of nitrogens with zero attached hydrogens (tertiary/aromatic N) is 3. The molecule has 86 valence electrons. The summed E-state index contributed by atoms with van der Waals surface area (Å²) in [6.07, 6.45) is 6.70. The second-order valence-corrected chi connectivity index (χ2v) is 4.07. The van der Waals surface area contributed by atoms with Crippen LogP contribution in [0.4, 0.5) is 5.82 Å². The van der Waals surface area contributed by atoms with Crippen LogP contribution in [0.15, 0.2) is 12.4 Å². The average molecular weight is 219 g/mol. The van der Waals surface area contributed by atoms with Crippen LogP contribution in [0.25, 0.3) is 0 Å². The van der Waals surface area contributed by atoms with Crippen molar-refractivity contribution < 1.29 is 0 Å². The summed E-state index contributed by atoms with van der Waals surface area (Å²) in [5.74, 6) is 0.754. The summed E-state index contributed by atoms with van der Waals surface area (Å²) in [6, 6.07) is 0.565. The lowest BCUT2D eigenvalue weighted by Gasteiger charge is -2.24. The van der Waals surface area contributed by atoms with Crippen molar-refractivity contribution in [3.63, 3.8) is 0 Å². The first kappa shape index (κ1) is 10.9. The van der Waals surface area contributed by atoms with E-state index in [1.165, 1.54) is 12.8 Å². The highest BCUT2D eigenvalue weighted by molar-refractivity contribution is 5.97. The maximum Gasteiger partial charge on any atom is 0.158 e. The van der Waals surface area contributed by atoms with Gasteiger partial charge in [-0.05, 0) is 19.3 Å². The highest BCUT2D eigenvalue weighted by Gasteiger charge is 2.31. The van der Waals surface area contributed by atoms with Crippen molar-refractivity contribution in [3.8, 4) is 0 Å². The quantitative estimate of drug-likeness (QED) is 0.575. The van der Waals surface area contributed by atoms with Gasteiger partial charge in [0, 0.05) is 25.0 Å². The highest BCUT2D eigenvalue weighted by Crippen LogP contribution is 2.31. The van der Waals surface area contributed by atoms with Crippen LogP contribution in [-0.4, -0.2) is 28.4 Å². The number of aromatic nitrogens is 2. The number of nitrogen functional groups attached to an aromatic ring is 1. The van der Waals surface area contributed by atoms with Crippen molar-refractivity contribution in [1.82, 2.24) is 9.97 Å². The van der Waals surface area contributed by atoms with Gasteiger partial charge in [0.25, 0.3) is 0 Å². The summed E-state index contributed by atoms with van der Waals surface area (Å²) in [5, 5.41) is 7.51. The van der Waals surface area contributed by atoms with Gasteiger partial charge < -0.3 is 10.6 Å². The number of amidine groups is 1. The molecule has 0 amide bonds. The Morgan fingerprint density at radius 2 is 2.19 bits per heavy atom. The van der Waals surface area contributed by atoms with E-state index in [1.54, 1.807) is 12.4 Å². The lowest BCUT2D eigenvalue weighted by molar-refractivity contribution is 0.746. The Bertz CT molecular complexity index is 386. The van der Waals surface area contributed by atoms with Gasteiger partial charge in [-0.15, -0.1) is 0 Å². The molecule has 0 saturated heterocycles. The summed E-state index contributed by atoms with van der Waals surface area (Å²) in [7, 11) is 0. The average Bonchev–Trinajstić information content (AvgIpc) is 3.10. The van der Waals surface area contributed by atoms with Crippen LogP contribution in [0.2, 0.25) is 0 Å². The molecule has 3 N–H and O–H groups in total. The molecule has 0 aromatic carbocycles. The molecule has 1 aromatic heterocycles. The van der Waals surface area contributed by atoms with Crippen molar-refractivity contribution >= 4 is 11.7 Å². The lowest BCUT2D eigenvalue weighted by atomic mass is 10.3. The fraction of sp³-hybridized carbons (Fsp3) is 0.545. The minimum atomic E-state index is -0.00940. The number of anilines is 1. The smallest absolute Gasteiger partial charge is 0.158 e. The molecule has 0 radical (unpaired) electrons. The van der Waals surface area contributed by atoms with Crippen molar-refractivity contribution in [2.75, 3.05) is 11.4 Å². The van der Waals surface area contributed by atoms with Gasteiger partial charge in [-0.25, -0.2) is 9.97 Å². The van der Waals surface area contributed by atoms with Gasteiger partial charge in [-0.2, -0.15) is 0 Å². The standard InChI is InChI=1S/C11H17N5/c1-2-7-16(8-3-4-8)11-9(10(12)13)14-5-6-15-11/h5-6,8H,2-4,7H2,1H3,(H3,12,13). The monoisotopic (exact) mass is 219 g/mol. The summed E-state index contributed by atoms with van der Waals surface area (Å²) < 4.78 is 0. The molecule has 1 saturated carbocycles. The van der Waals surface area contributed by atoms with Gasteiger partial charge in [-0.3, -0.25) is 5.41 Å². The van der Waals surface area contributed by atoms with Gasteiger partial charge in [0.1, 0.15) is 11.5 Å². The molecule has 1 heterocycles. The first-order valence-electron chi connectivity index (χ1n) is 5.66. The molecule has 0 unspecified atom stereocenters. The number of hydrogen-bond acceptors (Lipinski definition) is 4. The van der Waals surface area contributed by atoms with E-state index < -0.39 is 0 Å². The van der Waals surface area contributed by atoms with Crippen molar-refractivity contribution in [3.05, 3.63) is 18.1 Å². The van der Waals surface area contributed by atoms with Crippen LogP contribution in [0.3, 0.4) is 0 Å². The van der Waals surface area contributed by atoms with Gasteiger partial charge in [0.15, 0.2) is 5.82 Å². The van der Waals surface area contributed by atoms with Crippen molar-refractivity contribution in [2.24, 2.45) is 5.73 Å². The van der Waals surface area contributed by atoms with Crippen LogP contribution < -0.4 is 10.6 Å². The number of nitrogens with one attached hydrogen (secondary N) is 1. The third kappa shape index (κ3) is 2.13. The largest absolute Gasteiger partial charge is 0.382 e. The first-order valence-corrected chi connectivity index (χ1v) is 5.66. The van der Waals surface area contributed by atoms with E-state index >= 15 is 0 Å². The zero-order valence-electron chi connectivity index (χ0n) is 9.48. The Labute approximate surface area is 95.2 Å². The van der Waals surface area contributed by atoms with E-state index in [9.17, 15) is 0 Å². The van der Waals surface area contributed by atoms with Crippen molar-refractivity contribution in [2.45, 2.75) is 32.2 Å². The molecular weight excluding hydrogens is 202 g/mol. The second-order valence-electron chi connectivity index (χ2n) is 4.07. The minimum Gasteiger partial charge on any atom is -0.382 e. The SMILES string of the molecule is CCCN(c1nccnc1C(=N)N)C1CC1. The summed E-state index contributed by atoms with van der Waals surface area (Å²) in [4.78, 5) is 10.7. The molecule has 5 heteroatoms. The van der Waals surface area contributed by atoms with Gasteiger partial charge in [-0.1, -0.05) is 6.92 Å². The van der Waals surface area contributed by atoms with Crippen LogP contribution >= 0.6 is 0 Å². The summed E-state index contributed by atoms with van der Waals surface area (Å²) in [6.45, 7) is 3.09. The van der Waals surface area contributed by atoms with E-state index in [-0.39, 0.29) is 5.84 Å². The van der Waals surface area contributed by atoms with Crippen LogP contribution in [0.1, 0.15) is 31.9 Å². The Morgan fingerprint density at radius 3 is 2.75 bits per heavy atom. The molecule has 0 aliphatic heterocycles. The van der Waals surface area contributed by atoms with Gasteiger partial charge in [0.05, 0.1) is 0 Å². The first-order chi connectivity index (χ1) is 7.74. The summed E-state index contributed by atoms with van der Waals surface area (Å²) >= 11 is 0. The van der Waals surface area contributed by atoms with E-state index in [0.717, 1.165) is 18.8 Å². The number of rotatable bonds is 5. The third-order valence-electron chi connectivity index (χ3n) is 2.66. The Hall–Kier alpha value is -1.65. The van der Waals surface area contributed by atoms with Crippen molar-refractivity contribution in [1.29, 1.82) is 5.41 Å². The molecule has 0 atom stereocenters. The Balaban J connectivity index is 2.32. The highest BCUT2D eigenvalue weighted by atomic mass is 15.2. The topological polar surface area (TPSA) is 78.9 Å². The van der Waals surface area contributed by atoms with Gasteiger partial charge >= 0.3 is 0 Å². The molecule has 1 aliphatic carbocycles. The normalized spacial score (nSPS) is 14.8. The summed E-state index contributed by atoms with van der Waals surface area (Å²) in [5.41, 5.74) is 6.03. The number of nitrogens with two attached hydrogens (primary N) is 1. The second kappa shape index (κ2) is 4.47. The minimum absolute atomic E-state index is 0.00940. The third-order valence-corrected chi connectivity index (χ3v) is 2.66. The maximum absolute atomic E-state index is 7.51. The molecule has 0 spiro atoms. The predicted molar refractivity (Wildman–Crippen MR) is 63.7 cm³/mol. The maximum atomic E-state index is 7.51. The lowest BCUT2D eigenvalue weighted by Crippen LogP contribution is -2.30. The molecular formula is C11H17N5. The molecule has 0 bridgehead atoms. The molecule has 1 fully saturated rings. The molecule has 1 aliphatic rings. The molecule has 5 nitrogen and oxygen atoms in total. The molecule has 1 aromatic rings. The van der Waals surface area contributed by atoms with E-state index in [2.05, 4.69) is 21.8 Å². The van der Waals surface area contributed by atoms with E-state index in [1.807, 2.05) is 0 Å². The fourth-order valence-electron chi connectivity index (χ4n) is 1.82. The van der Waals surface area contributed by atoms with Crippen LogP contribution in [0, 0.1) is 5.41 Å². The predicted octanol–water partition coefficient (Wildman–Crippen LogP) is 1.14. The van der Waals surface area contributed by atoms with Crippen LogP contribution in [0.5, 0.6) is 0 Å². The fourth-order valence-corrected chi connectivity index (χ4v) is 1.82. The number of hydrogen-bond donors (Lipinski definition) is 2. The zero-order chi connectivity index (χ0) is 11.5.